The van der Waals surface area contributed by atoms with E-state index in [0.29, 0.717) is 5.92 Å². The fourth-order valence-corrected chi connectivity index (χ4v) is 3.65. The number of hydrogen-bond acceptors (Lipinski definition) is 5. The Labute approximate surface area is 150 Å². The van der Waals surface area contributed by atoms with Crippen molar-refractivity contribution in [3.63, 3.8) is 0 Å². The van der Waals surface area contributed by atoms with Gasteiger partial charge in [-0.15, -0.1) is 0 Å². The predicted octanol–water partition coefficient (Wildman–Crippen LogP) is 2.63. The van der Waals surface area contributed by atoms with Crippen LogP contribution in [0.3, 0.4) is 0 Å². The lowest BCUT2D eigenvalue weighted by Crippen LogP contribution is -2.36. The van der Waals surface area contributed by atoms with Crippen LogP contribution in [0.5, 0.6) is 0 Å². The highest BCUT2D eigenvalue weighted by molar-refractivity contribution is 5.34. The van der Waals surface area contributed by atoms with Crippen LogP contribution in [0.4, 0.5) is 5.95 Å². The fraction of sp³-hybridized carbons (Fsp3) is 0.632. The van der Waals surface area contributed by atoms with Crippen molar-refractivity contribution in [2.75, 3.05) is 38.6 Å². The van der Waals surface area contributed by atoms with Gasteiger partial charge >= 0.3 is 0 Å². The minimum absolute atomic E-state index is 0.451. The molecule has 1 atom stereocenters. The number of anilines is 1. The monoisotopic (exact) mass is 342 g/mol. The van der Waals surface area contributed by atoms with Crippen LogP contribution in [0.1, 0.15) is 42.4 Å². The maximum Gasteiger partial charge on any atom is 0.225 e. The molecular formula is C19H30N6. The second kappa shape index (κ2) is 7.95. The number of imidazole rings is 1. The Morgan fingerprint density at radius 1 is 1.20 bits per heavy atom. The summed E-state index contributed by atoms with van der Waals surface area (Å²) in [6.45, 7) is 8.19. The van der Waals surface area contributed by atoms with E-state index in [9.17, 15) is 0 Å². The van der Waals surface area contributed by atoms with Gasteiger partial charge < -0.3 is 14.4 Å². The largest absolute Gasteiger partial charge is 0.340 e. The standard InChI is InChI=1S/C19H30N6/c1-15-13-16(2)22-19(21-15)25-10-5-7-17(14-25)18-20-8-12-24(18)11-6-9-23(3)4/h8,12-13,17H,5-7,9-11,14H2,1-4H3. The minimum Gasteiger partial charge on any atom is -0.340 e. The van der Waals surface area contributed by atoms with E-state index in [2.05, 4.69) is 49.6 Å². The van der Waals surface area contributed by atoms with Crippen LogP contribution in [-0.4, -0.2) is 58.1 Å². The summed E-state index contributed by atoms with van der Waals surface area (Å²) in [7, 11) is 4.25. The summed E-state index contributed by atoms with van der Waals surface area (Å²) >= 11 is 0. The molecule has 0 aliphatic carbocycles. The Bertz CT molecular complexity index is 673. The second-order valence-electron chi connectivity index (χ2n) is 7.37. The molecule has 1 fully saturated rings. The van der Waals surface area contributed by atoms with Crippen LogP contribution >= 0.6 is 0 Å². The Morgan fingerprint density at radius 2 is 1.96 bits per heavy atom. The Balaban J connectivity index is 1.70. The molecule has 0 bridgehead atoms. The van der Waals surface area contributed by atoms with Crippen LogP contribution in [-0.2, 0) is 6.54 Å². The Morgan fingerprint density at radius 3 is 2.68 bits per heavy atom. The molecule has 6 heteroatoms. The first-order valence-electron chi connectivity index (χ1n) is 9.26. The van der Waals surface area contributed by atoms with Crippen molar-refractivity contribution in [2.24, 2.45) is 0 Å². The maximum absolute atomic E-state index is 4.68. The van der Waals surface area contributed by atoms with Gasteiger partial charge in [0.25, 0.3) is 0 Å². The average Bonchev–Trinajstić information content (AvgIpc) is 3.02. The molecule has 6 nitrogen and oxygen atoms in total. The van der Waals surface area contributed by atoms with Crippen LogP contribution in [0.2, 0.25) is 0 Å². The minimum atomic E-state index is 0.451. The predicted molar refractivity (Wildman–Crippen MR) is 101 cm³/mol. The fourth-order valence-electron chi connectivity index (χ4n) is 3.65. The molecular weight excluding hydrogens is 312 g/mol. The first-order chi connectivity index (χ1) is 12.0. The smallest absolute Gasteiger partial charge is 0.225 e. The third-order valence-electron chi connectivity index (χ3n) is 4.79. The molecule has 0 spiro atoms. The van der Waals surface area contributed by atoms with E-state index in [-0.39, 0.29) is 0 Å². The summed E-state index contributed by atoms with van der Waals surface area (Å²) in [6, 6.07) is 2.03. The van der Waals surface area contributed by atoms with Crippen molar-refractivity contribution in [2.45, 2.75) is 45.6 Å². The first-order valence-corrected chi connectivity index (χ1v) is 9.26. The zero-order valence-corrected chi connectivity index (χ0v) is 15.9. The highest BCUT2D eigenvalue weighted by atomic mass is 15.3. The molecule has 1 saturated heterocycles. The number of hydrogen-bond donors (Lipinski definition) is 0. The molecule has 0 N–H and O–H groups in total. The van der Waals surface area contributed by atoms with E-state index < -0.39 is 0 Å². The molecule has 1 aliphatic rings. The van der Waals surface area contributed by atoms with E-state index in [0.717, 1.165) is 56.4 Å². The van der Waals surface area contributed by atoms with E-state index in [1.165, 1.54) is 12.2 Å². The van der Waals surface area contributed by atoms with Gasteiger partial charge in [0.15, 0.2) is 0 Å². The summed E-state index contributed by atoms with van der Waals surface area (Å²) in [5.74, 6) is 2.54. The van der Waals surface area contributed by atoms with Crippen LogP contribution in [0, 0.1) is 13.8 Å². The van der Waals surface area contributed by atoms with E-state index in [1.54, 1.807) is 0 Å². The third-order valence-corrected chi connectivity index (χ3v) is 4.79. The third kappa shape index (κ3) is 4.57. The Hall–Kier alpha value is -1.95. The van der Waals surface area contributed by atoms with Crippen LogP contribution in [0.25, 0.3) is 0 Å². The van der Waals surface area contributed by atoms with Crippen molar-refractivity contribution >= 4 is 5.95 Å². The lowest BCUT2D eigenvalue weighted by molar-refractivity contribution is 0.380. The number of rotatable bonds is 6. The number of aryl methyl sites for hydroxylation is 3. The summed E-state index contributed by atoms with van der Waals surface area (Å²) in [5.41, 5.74) is 2.07. The molecule has 2 aromatic heterocycles. The molecule has 136 valence electrons. The molecule has 3 rings (SSSR count). The highest BCUT2D eigenvalue weighted by Gasteiger charge is 2.26. The highest BCUT2D eigenvalue weighted by Crippen LogP contribution is 2.28. The van der Waals surface area contributed by atoms with Crippen LogP contribution < -0.4 is 4.90 Å². The van der Waals surface area contributed by atoms with Gasteiger partial charge in [-0.1, -0.05) is 0 Å². The van der Waals surface area contributed by atoms with Gasteiger partial charge in [-0.2, -0.15) is 0 Å². The molecule has 25 heavy (non-hydrogen) atoms. The summed E-state index contributed by atoms with van der Waals surface area (Å²) in [6.07, 6.45) is 7.55. The molecule has 0 aromatic carbocycles. The zero-order valence-electron chi connectivity index (χ0n) is 15.9. The number of aromatic nitrogens is 4. The van der Waals surface area contributed by atoms with Gasteiger partial charge in [-0.25, -0.2) is 15.0 Å². The van der Waals surface area contributed by atoms with Gasteiger partial charge in [0.05, 0.1) is 0 Å². The van der Waals surface area contributed by atoms with Crippen molar-refractivity contribution in [1.82, 2.24) is 24.4 Å². The number of piperidine rings is 1. The molecule has 1 unspecified atom stereocenters. The van der Waals surface area contributed by atoms with Gasteiger partial charge in [0.2, 0.25) is 5.95 Å². The quantitative estimate of drug-likeness (QED) is 0.808. The summed E-state index contributed by atoms with van der Waals surface area (Å²) in [4.78, 5) is 18.5. The van der Waals surface area contributed by atoms with Crippen molar-refractivity contribution in [3.05, 3.63) is 35.7 Å². The van der Waals surface area contributed by atoms with Gasteiger partial charge in [-0.05, 0) is 59.8 Å². The van der Waals surface area contributed by atoms with Gasteiger partial charge in [-0.3, -0.25) is 0 Å². The van der Waals surface area contributed by atoms with Gasteiger partial charge in [0.1, 0.15) is 5.82 Å². The first kappa shape index (κ1) is 17.9. The Kier molecular flexibility index (Phi) is 5.68. The molecule has 0 amide bonds. The SMILES string of the molecule is Cc1cc(C)nc(N2CCCC(c3nccn3CCCN(C)C)C2)n1. The maximum atomic E-state index is 4.68. The lowest BCUT2D eigenvalue weighted by Gasteiger charge is -2.33. The molecule has 0 radical (unpaired) electrons. The lowest BCUT2D eigenvalue weighted by atomic mass is 9.97. The topological polar surface area (TPSA) is 50.1 Å². The van der Waals surface area contributed by atoms with Crippen molar-refractivity contribution in [1.29, 1.82) is 0 Å². The molecule has 1 aliphatic heterocycles. The van der Waals surface area contributed by atoms with Crippen molar-refractivity contribution < 1.29 is 0 Å². The van der Waals surface area contributed by atoms with Crippen molar-refractivity contribution in [3.8, 4) is 0 Å². The van der Waals surface area contributed by atoms with Crippen LogP contribution in [0.15, 0.2) is 18.5 Å². The molecule has 2 aromatic rings. The summed E-state index contributed by atoms with van der Waals surface area (Å²) < 4.78 is 2.33. The van der Waals surface area contributed by atoms with E-state index in [1.807, 2.05) is 26.1 Å². The number of nitrogens with zero attached hydrogens (tertiary/aromatic N) is 6. The van der Waals surface area contributed by atoms with Gasteiger partial charge in [0, 0.05) is 49.3 Å². The second-order valence-corrected chi connectivity index (χ2v) is 7.37. The average molecular weight is 342 g/mol. The molecule has 3 heterocycles. The normalized spacial score (nSPS) is 18.1. The van der Waals surface area contributed by atoms with E-state index in [4.69, 9.17) is 0 Å². The zero-order chi connectivity index (χ0) is 17.8. The van der Waals surface area contributed by atoms with E-state index >= 15 is 0 Å². The molecule has 0 saturated carbocycles. The summed E-state index contributed by atoms with van der Waals surface area (Å²) in [5, 5.41) is 0.